The lowest BCUT2D eigenvalue weighted by atomic mass is 10.00. The molecule has 0 bridgehead atoms. The maximum absolute atomic E-state index is 13.6. The van der Waals surface area contributed by atoms with Crippen LogP contribution in [0.15, 0.2) is 60.8 Å². The summed E-state index contributed by atoms with van der Waals surface area (Å²) in [4.78, 5) is 55.3. The number of hydrogen-bond acceptors (Lipinski definition) is 6. The molecule has 2 aromatic carbocycles. The zero-order valence-electron chi connectivity index (χ0n) is 24.3. The summed E-state index contributed by atoms with van der Waals surface area (Å²) in [6.45, 7) is 3.86. The lowest BCUT2D eigenvalue weighted by Gasteiger charge is -2.26. The number of benzene rings is 2. The van der Waals surface area contributed by atoms with Crippen LogP contribution in [0.3, 0.4) is 0 Å². The second-order valence-electron chi connectivity index (χ2n) is 10.8. The van der Waals surface area contributed by atoms with Gasteiger partial charge in [0, 0.05) is 29.9 Å². The van der Waals surface area contributed by atoms with E-state index >= 15 is 0 Å². The Balaban J connectivity index is 1.85. The van der Waals surface area contributed by atoms with Gasteiger partial charge in [0.05, 0.1) is 6.04 Å². The average molecular weight is 596 g/mol. The molecule has 3 aromatic rings. The van der Waals surface area contributed by atoms with E-state index in [9.17, 15) is 24.3 Å². The minimum Gasteiger partial charge on any atom is -0.480 e. The molecule has 7 N–H and O–H groups in total. The SMILES string of the molecule is CSCCC(N)C(=O)NC(CC(C)C)C(=O)NC(Cc1c[nH]c2ccccc12)C(=O)NC(Cc1ccccc1)C(=O)O. The molecule has 0 spiro atoms. The largest absolute Gasteiger partial charge is 0.480 e. The third-order valence-electron chi connectivity index (χ3n) is 6.94. The normalized spacial score (nSPS) is 14.1. The molecule has 0 aliphatic heterocycles. The van der Waals surface area contributed by atoms with E-state index in [2.05, 4.69) is 20.9 Å². The average Bonchev–Trinajstić information content (AvgIpc) is 3.37. The number of aromatic nitrogens is 1. The van der Waals surface area contributed by atoms with Crippen molar-refractivity contribution in [2.75, 3.05) is 12.0 Å². The summed E-state index contributed by atoms with van der Waals surface area (Å²) in [6.07, 6.45) is 4.68. The highest BCUT2D eigenvalue weighted by molar-refractivity contribution is 7.98. The molecule has 11 heteroatoms. The molecule has 0 aliphatic rings. The number of fused-ring (bicyclic) bond motifs is 1. The predicted molar refractivity (Wildman–Crippen MR) is 166 cm³/mol. The second-order valence-corrected chi connectivity index (χ2v) is 11.8. The minimum absolute atomic E-state index is 0.0617. The minimum atomic E-state index is -1.21. The van der Waals surface area contributed by atoms with E-state index in [0.717, 1.165) is 22.0 Å². The van der Waals surface area contributed by atoms with Crippen molar-refractivity contribution in [3.05, 3.63) is 71.9 Å². The topological polar surface area (TPSA) is 166 Å². The molecule has 3 amide bonds. The summed E-state index contributed by atoms with van der Waals surface area (Å²) in [5, 5.41) is 18.9. The van der Waals surface area contributed by atoms with Gasteiger partial charge in [0.15, 0.2) is 0 Å². The standard InChI is InChI=1S/C31H41N5O5S/c1-19(2)15-25(34-28(37)23(32)13-14-42-3)29(38)35-26(17-21-18-33-24-12-8-7-11-22(21)24)30(39)36-27(31(40)41)16-20-9-5-4-6-10-20/h4-12,18-19,23,25-27,33H,13-17,32H2,1-3H3,(H,34,37)(H,35,38)(H,36,39)(H,40,41). The lowest BCUT2D eigenvalue weighted by Crippen LogP contribution is -2.58. The third-order valence-corrected chi connectivity index (χ3v) is 7.58. The number of aliphatic carboxylic acids is 1. The van der Waals surface area contributed by atoms with Crippen molar-refractivity contribution < 1.29 is 24.3 Å². The predicted octanol–water partition coefficient (Wildman–Crippen LogP) is 2.62. The molecule has 1 heterocycles. The van der Waals surface area contributed by atoms with Crippen molar-refractivity contribution >= 4 is 46.4 Å². The van der Waals surface area contributed by atoms with Crippen LogP contribution in [0.4, 0.5) is 0 Å². The number of para-hydroxylation sites is 1. The maximum atomic E-state index is 13.6. The van der Waals surface area contributed by atoms with E-state index in [1.54, 1.807) is 42.2 Å². The van der Waals surface area contributed by atoms with Crippen molar-refractivity contribution in [3.63, 3.8) is 0 Å². The summed E-state index contributed by atoms with van der Waals surface area (Å²) in [7, 11) is 0. The summed E-state index contributed by atoms with van der Waals surface area (Å²) in [5.74, 6) is -2.03. The van der Waals surface area contributed by atoms with Crippen molar-refractivity contribution in [2.24, 2.45) is 11.7 Å². The van der Waals surface area contributed by atoms with Gasteiger partial charge < -0.3 is 31.8 Å². The Bertz CT molecular complexity index is 1350. The van der Waals surface area contributed by atoms with E-state index < -0.39 is 47.9 Å². The van der Waals surface area contributed by atoms with Gasteiger partial charge in [0.2, 0.25) is 17.7 Å². The van der Waals surface area contributed by atoms with Gasteiger partial charge in [-0.3, -0.25) is 14.4 Å². The number of aromatic amines is 1. The van der Waals surface area contributed by atoms with Crippen LogP contribution in [0.25, 0.3) is 10.9 Å². The van der Waals surface area contributed by atoms with Gasteiger partial charge in [0.25, 0.3) is 0 Å². The number of nitrogens with one attached hydrogen (secondary N) is 4. The van der Waals surface area contributed by atoms with E-state index in [4.69, 9.17) is 5.73 Å². The molecule has 4 atom stereocenters. The third kappa shape index (κ3) is 9.63. The highest BCUT2D eigenvalue weighted by atomic mass is 32.2. The van der Waals surface area contributed by atoms with Gasteiger partial charge >= 0.3 is 5.97 Å². The molecule has 4 unspecified atom stereocenters. The molecule has 0 aliphatic carbocycles. The Kier molecular flexibility index (Phi) is 12.4. The number of thioether (sulfide) groups is 1. The summed E-state index contributed by atoms with van der Waals surface area (Å²) >= 11 is 1.58. The fraction of sp³-hybridized carbons (Fsp3) is 0.419. The van der Waals surface area contributed by atoms with Crippen LogP contribution in [0.1, 0.15) is 37.8 Å². The van der Waals surface area contributed by atoms with Crippen LogP contribution < -0.4 is 21.7 Å². The molecule has 0 saturated heterocycles. The van der Waals surface area contributed by atoms with Crippen LogP contribution in [-0.4, -0.2) is 70.0 Å². The van der Waals surface area contributed by atoms with Crippen molar-refractivity contribution in [1.82, 2.24) is 20.9 Å². The first-order valence-electron chi connectivity index (χ1n) is 14.1. The molecule has 0 radical (unpaired) electrons. The van der Waals surface area contributed by atoms with Crippen LogP contribution in [0.5, 0.6) is 0 Å². The molecular formula is C31H41N5O5S. The first-order chi connectivity index (χ1) is 20.1. The fourth-order valence-electron chi connectivity index (χ4n) is 4.68. The van der Waals surface area contributed by atoms with Gasteiger partial charge in [-0.25, -0.2) is 4.79 Å². The molecule has 226 valence electrons. The molecule has 10 nitrogen and oxygen atoms in total. The Morgan fingerprint density at radius 2 is 1.48 bits per heavy atom. The molecule has 0 saturated carbocycles. The Hall–Kier alpha value is -3.83. The molecule has 0 fully saturated rings. The number of carboxylic acid groups (broad SMARTS) is 1. The van der Waals surface area contributed by atoms with Crippen molar-refractivity contribution in [1.29, 1.82) is 0 Å². The van der Waals surface area contributed by atoms with Crippen molar-refractivity contribution in [3.8, 4) is 0 Å². The lowest BCUT2D eigenvalue weighted by molar-refractivity contribution is -0.142. The number of nitrogens with two attached hydrogens (primary N) is 1. The Morgan fingerprint density at radius 3 is 2.14 bits per heavy atom. The van der Waals surface area contributed by atoms with Crippen LogP contribution in [0, 0.1) is 5.92 Å². The number of carbonyl (C=O) groups excluding carboxylic acids is 3. The molecular weight excluding hydrogens is 554 g/mol. The highest BCUT2D eigenvalue weighted by Gasteiger charge is 2.31. The van der Waals surface area contributed by atoms with Crippen LogP contribution in [0.2, 0.25) is 0 Å². The second kappa shape index (κ2) is 16.0. The number of H-pyrrole nitrogens is 1. The summed E-state index contributed by atoms with van der Waals surface area (Å²) in [6, 6.07) is 12.6. The van der Waals surface area contributed by atoms with Gasteiger partial charge in [-0.2, -0.15) is 11.8 Å². The fourth-order valence-corrected chi connectivity index (χ4v) is 5.17. The zero-order chi connectivity index (χ0) is 30.6. The summed E-state index contributed by atoms with van der Waals surface area (Å²) in [5.41, 5.74) is 8.44. The smallest absolute Gasteiger partial charge is 0.326 e. The number of hydrogen-bond donors (Lipinski definition) is 6. The number of carbonyl (C=O) groups is 4. The van der Waals surface area contributed by atoms with E-state index in [0.29, 0.717) is 18.6 Å². The Morgan fingerprint density at radius 1 is 0.857 bits per heavy atom. The van der Waals surface area contributed by atoms with Gasteiger partial charge in [0.1, 0.15) is 18.1 Å². The molecule has 3 rings (SSSR count). The van der Waals surface area contributed by atoms with Gasteiger partial charge in [-0.15, -0.1) is 0 Å². The Labute approximate surface area is 250 Å². The zero-order valence-corrected chi connectivity index (χ0v) is 25.1. The quantitative estimate of drug-likeness (QED) is 0.148. The first-order valence-corrected chi connectivity index (χ1v) is 15.5. The number of carboxylic acids is 1. The van der Waals surface area contributed by atoms with Crippen LogP contribution >= 0.6 is 11.8 Å². The highest BCUT2D eigenvalue weighted by Crippen LogP contribution is 2.20. The van der Waals surface area contributed by atoms with Gasteiger partial charge in [-0.1, -0.05) is 62.4 Å². The van der Waals surface area contributed by atoms with E-state index in [-0.39, 0.29) is 18.8 Å². The number of amides is 3. The first kappa shape index (κ1) is 32.7. The molecule has 1 aromatic heterocycles. The van der Waals surface area contributed by atoms with Crippen LogP contribution in [-0.2, 0) is 32.0 Å². The van der Waals surface area contributed by atoms with E-state index in [1.807, 2.05) is 50.4 Å². The maximum Gasteiger partial charge on any atom is 0.326 e. The summed E-state index contributed by atoms with van der Waals surface area (Å²) < 4.78 is 0. The van der Waals surface area contributed by atoms with E-state index in [1.165, 1.54) is 0 Å². The molecule has 42 heavy (non-hydrogen) atoms. The van der Waals surface area contributed by atoms with Gasteiger partial charge in [-0.05, 0) is 48.0 Å². The number of rotatable bonds is 16. The monoisotopic (exact) mass is 595 g/mol. The van der Waals surface area contributed by atoms with Crippen molar-refractivity contribution in [2.45, 2.75) is 63.7 Å².